The molecular weight excluding hydrogens is 413 g/mol. The number of alkyl halides is 1. The van der Waals surface area contributed by atoms with Crippen molar-refractivity contribution >= 4 is 5.95 Å². The van der Waals surface area contributed by atoms with Crippen LogP contribution in [0.5, 0.6) is 5.75 Å². The number of phenolic OH excluding ortho intramolecular Hbond substituents is 1. The Balaban J connectivity index is 1.28. The lowest BCUT2D eigenvalue weighted by Crippen LogP contribution is -2.67. The number of nitrogens with one attached hydrogen (secondary N) is 2. The first kappa shape index (κ1) is 19.6. The molecule has 4 fully saturated rings. The number of aromatic nitrogens is 5. The summed E-state index contributed by atoms with van der Waals surface area (Å²) in [4.78, 5) is 6.60. The van der Waals surface area contributed by atoms with Crippen LogP contribution in [0.15, 0.2) is 36.8 Å². The van der Waals surface area contributed by atoms with Crippen LogP contribution in [0.2, 0.25) is 0 Å². The maximum Gasteiger partial charge on any atom is 0.245 e. The number of aliphatic hydroxyl groups is 1. The highest BCUT2D eigenvalue weighted by molar-refractivity contribution is 5.73. The molecule has 4 aliphatic rings. The minimum Gasteiger partial charge on any atom is -0.507 e. The molecular formula is C22H24FN7O2. The van der Waals surface area contributed by atoms with Gasteiger partial charge in [0.05, 0.1) is 18.3 Å². The summed E-state index contributed by atoms with van der Waals surface area (Å²) in [6.45, 7) is 0. The second-order valence-electron chi connectivity index (χ2n) is 8.94. The molecule has 3 aromatic rings. The molecule has 1 aromatic carbocycles. The standard InChI is InChI=1S/C22H24FN7O2/c23-16-6-13-7-18(20(16)21(32)27-13)30(14-2-3-14)22-24-10-17(28-29-22)15-4-1-11(5-19(15)31)12-8-25-26-9-12/h1,4-5,8-10,13-14,16,18,20-21,27,31-32H,2-3,6-7H2,(H,25,26)/t13-,16-,18-,20?,21-/m0/s1. The molecule has 10 heteroatoms. The average Bonchev–Trinajstić information content (AvgIpc) is 3.45. The molecule has 2 aromatic heterocycles. The van der Waals surface area contributed by atoms with E-state index in [1.54, 1.807) is 30.7 Å². The van der Waals surface area contributed by atoms with Crippen LogP contribution in [-0.4, -0.2) is 66.1 Å². The van der Waals surface area contributed by atoms with Crippen LogP contribution in [0.4, 0.5) is 10.3 Å². The molecule has 0 amide bonds. The number of hydrogen-bond donors (Lipinski definition) is 4. The summed E-state index contributed by atoms with van der Waals surface area (Å²) in [5, 5.41) is 39.4. The monoisotopic (exact) mass is 437 g/mol. The maximum atomic E-state index is 14.7. The number of fused-ring (bicyclic) bond motifs is 3. The van der Waals surface area contributed by atoms with E-state index in [0.717, 1.165) is 30.4 Å². The Labute approximate surface area is 183 Å². The fourth-order valence-electron chi connectivity index (χ4n) is 5.19. The summed E-state index contributed by atoms with van der Waals surface area (Å²) in [5.74, 6) is 0.0109. The number of aliphatic hydroxyl groups excluding tert-OH is 1. The normalized spacial score (nSPS) is 29.2. The van der Waals surface area contributed by atoms with Gasteiger partial charge in [-0.3, -0.25) is 10.4 Å². The summed E-state index contributed by atoms with van der Waals surface area (Å²) in [7, 11) is 0. The number of phenols is 1. The number of hydrogen-bond acceptors (Lipinski definition) is 8. The first-order valence-electron chi connectivity index (χ1n) is 11.0. The molecule has 1 unspecified atom stereocenters. The lowest BCUT2D eigenvalue weighted by Gasteiger charge is -2.51. The third-order valence-corrected chi connectivity index (χ3v) is 6.85. The maximum absolute atomic E-state index is 14.7. The van der Waals surface area contributed by atoms with Gasteiger partial charge in [0.1, 0.15) is 23.8 Å². The predicted octanol–water partition coefficient (Wildman–Crippen LogP) is 2.01. The van der Waals surface area contributed by atoms with Gasteiger partial charge in [0.2, 0.25) is 5.95 Å². The van der Waals surface area contributed by atoms with Gasteiger partial charge in [-0.15, -0.1) is 10.2 Å². The van der Waals surface area contributed by atoms with E-state index in [2.05, 4.69) is 35.6 Å². The fourth-order valence-corrected chi connectivity index (χ4v) is 5.19. The van der Waals surface area contributed by atoms with E-state index in [4.69, 9.17) is 0 Å². The van der Waals surface area contributed by atoms with E-state index in [-0.39, 0.29) is 23.9 Å². The Morgan fingerprint density at radius 1 is 1.09 bits per heavy atom. The number of rotatable bonds is 5. The molecule has 2 aliphatic carbocycles. The first-order valence-corrected chi connectivity index (χ1v) is 11.0. The number of aromatic amines is 1. The number of aromatic hydroxyl groups is 1. The van der Waals surface area contributed by atoms with Gasteiger partial charge in [-0.1, -0.05) is 6.07 Å². The number of H-pyrrole nitrogens is 1. The number of piperidine rings is 2. The number of halogens is 1. The Kier molecular flexibility index (Phi) is 4.58. The zero-order chi connectivity index (χ0) is 21.8. The highest BCUT2D eigenvalue weighted by Crippen LogP contribution is 2.43. The van der Waals surface area contributed by atoms with E-state index in [0.29, 0.717) is 23.6 Å². The van der Waals surface area contributed by atoms with Crippen molar-refractivity contribution in [2.24, 2.45) is 5.92 Å². The molecule has 2 saturated heterocycles. The molecule has 4 N–H and O–H groups in total. The van der Waals surface area contributed by atoms with Crippen molar-refractivity contribution in [2.45, 2.75) is 56.2 Å². The molecule has 0 spiro atoms. The molecule has 2 saturated carbocycles. The molecule has 0 radical (unpaired) electrons. The van der Waals surface area contributed by atoms with Crippen LogP contribution in [-0.2, 0) is 0 Å². The Morgan fingerprint density at radius 3 is 2.59 bits per heavy atom. The Bertz CT molecular complexity index is 1090. The minimum absolute atomic E-state index is 0.0471. The van der Waals surface area contributed by atoms with Crippen molar-refractivity contribution in [3.63, 3.8) is 0 Å². The van der Waals surface area contributed by atoms with E-state index in [1.165, 1.54) is 0 Å². The molecule has 7 rings (SSSR count). The Morgan fingerprint density at radius 2 is 1.97 bits per heavy atom. The second-order valence-corrected chi connectivity index (χ2v) is 8.94. The van der Waals surface area contributed by atoms with Crippen molar-refractivity contribution in [1.82, 2.24) is 30.7 Å². The van der Waals surface area contributed by atoms with Gasteiger partial charge in [0.25, 0.3) is 0 Å². The summed E-state index contributed by atoms with van der Waals surface area (Å²) in [6.07, 6.45) is 6.30. The van der Waals surface area contributed by atoms with Gasteiger partial charge in [0.15, 0.2) is 0 Å². The van der Waals surface area contributed by atoms with Crippen LogP contribution < -0.4 is 10.2 Å². The zero-order valence-corrected chi connectivity index (χ0v) is 17.3. The topological polar surface area (TPSA) is 123 Å². The van der Waals surface area contributed by atoms with Crippen molar-refractivity contribution in [3.8, 4) is 28.1 Å². The third-order valence-electron chi connectivity index (χ3n) is 6.85. The lowest BCUT2D eigenvalue weighted by atomic mass is 9.74. The zero-order valence-electron chi connectivity index (χ0n) is 17.3. The van der Waals surface area contributed by atoms with Crippen molar-refractivity contribution < 1.29 is 14.6 Å². The molecule has 32 heavy (non-hydrogen) atoms. The number of anilines is 1. The van der Waals surface area contributed by atoms with Gasteiger partial charge in [0, 0.05) is 35.4 Å². The SMILES string of the molecule is Oc1cc(-c2cn[nH]c2)ccc1-c1cnc(N(C2CC2)[C@H]2C[C@@H]3C[C@H](F)C2[C@H](O)N3)nn1. The number of nitrogens with zero attached hydrogens (tertiary/aromatic N) is 5. The highest BCUT2D eigenvalue weighted by atomic mass is 19.1. The largest absolute Gasteiger partial charge is 0.507 e. The fraction of sp³-hybridized carbons (Fsp3) is 0.455. The molecule has 166 valence electrons. The quantitative estimate of drug-likeness (QED) is 0.478. The smallest absolute Gasteiger partial charge is 0.245 e. The summed E-state index contributed by atoms with van der Waals surface area (Å²) in [6, 6.07) is 5.34. The van der Waals surface area contributed by atoms with E-state index >= 15 is 0 Å². The molecule has 5 atom stereocenters. The third kappa shape index (κ3) is 3.30. The highest BCUT2D eigenvalue weighted by Gasteiger charge is 2.52. The van der Waals surface area contributed by atoms with Gasteiger partial charge in [-0.25, -0.2) is 9.37 Å². The minimum atomic E-state index is -1.05. The summed E-state index contributed by atoms with van der Waals surface area (Å²) < 4.78 is 14.7. The van der Waals surface area contributed by atoms with Crippen molar-refractivity contribution in [2.75, 3.05) is 4.90 Å². The van der Waals surface area contributed by atoms with Crippen LogP contribution in [0.25, 0.3) is 22.4 Å². The van der Waals surface area contributed by atoms with Crippen LogP contribution in [0, 0.1) is 5.92 Å². The van der Waals surface area contributed by atoms with E-state index in [9.17, 15) is 14.6 Å². The first-order chi connectivity index (χ1) is 15.6. The summed E-state index contributed by atoms with van der Waals surface area (Å²) in [5.41, 5.74) is 2.69. The van der Waals surface area contributed by atoms with Crippen LogP contribution in [0.3, 0.4) is 0 Å². The van der Waals surface area contributed by atoms with Gasteiger partial charge in [-0.2, -0.15) is 5.10 Å². The predicted molar refractivity (Wildman–Crippen MR) is 114 cm³/mol. The van der Waals surface area contributed by atoms with Gasteiger partial charge in [-0.05, 0) is 43.4 Å². The molecule has 4 heterocycles. The van der Waals surface area contributed by atoms with Crippen molar-refractivity contribution in [3.05, 3.63) is 36.8 Å². The lowest BCUT2D eigenvalue weighted by molar-refractivity contribution is -0.0661. The van der Waals surface area contributed by atoms with Gasteiger partial charge >= 0.3 is 0 Å². The van der Waals surface area contributed by atoms with Crippen molar-refractivity contribution in [1.29, 1.82) is 0 Å². The van der Waals surface area contributed by atoms with E-state index in [1.807, 2.05) is 6.07 Å². The average molecular weight is 437 g/mol. The van der Waals surface area contributed by atoms with Gasteiger partial charge < -0.3 is 15.1 Å². The number of benzene rings is 1. The van der Waals surface area contributed by atoms with E-state index < -0.39 is 18.3 Å². The second kappa shape index (κ2) is 7.49. The molecule has 2 bridgehead atoms. The van der Waals surface area contributed by atoms with Crippen LogP contribution >= 0.6 is 0 Å². The Hall–Kier alpha value is -3.11. The summed E-state index contributed by atoms with van der Waals surface area (Å²) >= 11 is 0. The molecule has 2 aliphatic heterocycles. The van der Waals surface area contributed by atoms with Crippen LogP contribution in [0.1, 0.15) is 25.7 Å². The molecule has 9 nitrogen and oxygen atoms in total.